The number of hydrogen-bond donors (Lipinski definition) is 4. The van der Waals surface area contributed by atoms with Gasteiger partial charge in [0.2, 0.25) is 0 Å². The third-order valence-corrected chi connectivity index (χ3v) is 12.3. The lowest BCUT2D eigenvalue weighted by Gasteiger charge is -2.28. The number of fused-ring (bicyclic) bond motifs is 2. The zero-order chi connectivity index (χ0) is 39.1. The largest absolute Gasteiger partial charge is 0.472 e. The predicted molar refractivity (Wildman–Crippen MR) is 213 cm³/mol. The zero-order valence-corrected chi connectivity index (χ0v) is 34.0. The number of aliphatic hydroxyl groups excluding tert-OH is 2. The summed E-state index contributed by atoms with van der Waals surface area (Å²) in [6.07, 6.45) is 18.4. The Labute approximate surface area is 327 Å². The van der Waals surface area contributed by atoms with E-state index in [0.29, 0.717) is 37.5 Å². The summed E-state index contributed by atoms with van der Waals surface area (Å²) in [7, 11) is -4.58. The van der Waals surface area contributed by atoms with Crippen LogP contribution in [0.3, 0.4) is 0 Å². The molecule has 1 fully saturated rings. The average molecular weight is 788 g/mol. The van der Waals surface area contributed by atoms with Crippen LogP contribution in [-0.4, -0.2) is 85.4 Å². The predicted octanol–water partition coefficient (Wildman–Crippen LogP) is 7.44. The van der Waals surface area contributed by atoms with Gasteiger partial charge in [-0.05, 0) is 36.6 Å². The number of ether oxygens (including phenoxy) is 2. The minimum absolute atomic E-state index is 0.0909. The van der Waals surface area contributed by atoms with Gasteiger partial charge >= 0.3 is 7.82 Å². The molecule has 1 saturated heterocycles. The highest BCUT2D eigenvalue weighted by molar-refractivity contribution is 7.47. The summed E-state index contributed by atoms with van der Waals surface area (Å²) in [5.74, 6) is 0.248. The monoisotopic (exact) mass is 787 g/mol. The van der Waals surface area contributed by atoms with E-state index in [9.17, 15) is 19.7 Å². The maximum Gasteiger partial charge on any atom is 0.472 e. The molecule has 2 aliphatic heterocycles. The first-order valence-corrected chi connectivity index (χ1v) is 22.3. The van der Waals surface area contributed by atoms with Crippen molar-refractivity contribution in [2.75, 3.05) is 32.2 Å². The van der Waals surface area contributed by atoms with Crippen LogP contribution in [0.2, 0.25) is 0 Å². The van der Waals surface area contributed by atoms with E-state index >= 15 is 0 Å². The fourth-order valence-corrected chi connectivity index (χ4v) is 8.66. The summed E-state index contributed by atoms with van der Waals surface area (Å²) < 4.78 is 37.7. The highest BCUT2D eigenvalue weighted by Crippen LogP contribution is 2.46. The van der Waals surface area contributed by atoms with Gasteiger partial charge in [-0.1, -0.05) is 128 Å². The van der Waals surface area contributed by atoms with Crippen LogP contribution in [0.1, 0.15) is 133 Å². The van der Waals surface area contributed by atoms with Crippen molar-refractivity contribution in [2.24, 2.45) is 0 Å². The van der Waals surface area contributed by atoms with E-state index in [4.69, 9.17) is 24.3 Å². The quantitative estimate of drug-likeness (QED) is 0.0445. The zero-order valence-electron chi connectivity index (χ0n) is 33.1. The minimum atomic E-state index is -4.58. The Bertz CT molecular complexity index is 1600. The molecule has 5 N–H and O–H groups in total. The molecule has 0 radical (unpaired) electrons. The van der Waals surface area contributed by atoms with Crippen molar-refractivity contribution in [2.45, 2.75) is 160 Å². The highest BCUT2D eigenvalue weighted by Gasteiger charge is 2.54. The van der Waals surface area contributed by atoms with Gasteiger partial charge in [-0.15, -0.1) is 0 Å². The van der Waals surface area contributed by atoms with Crippen LogP contribution in [0.4, 0.5) is 5.82 Å². The van der Waals surface area contributed by atoms with Gasteiger partial charge < -0.3 is 30.3 Å². The van der Waals surface area contributed by atoms with Crippen LogP contribution in [0.5, 0.6) is 0 Å². The average Bonchev–Trinajstić information content (AvgIpc) is 3.87. The summed E-state index contributed by atoms with van der Waals surface area (Å²) >= 11 is 0. The number of nitrogen functional groups attached to an aromatic ring is 1. The Morgan fingerprint density at radius 3 is 2.05 bits per heavy atom. The summed E-state index contributed by atoms with van der Waals surface area (Å²) in [4.78, 5) is 16.9. The van der Waals surface area contributed by atoms with Gasteiger partial charge in [0.25, 0.3) is 0 Å². The summed E-state index contributed by atoms with van der Waals surface area (Å²) in [5.41, 5.74) is 7.93. The van der Waals surface area contributed by atoms with Gasteiger partial charge in [-0.3, -0.25) is 13.9 Å². The molecule has 55 heavy (non-hydrogen) atoms. The Balaban J connectivity index is 1.01. The molecule has 6 atom stereocenters. The molecule has 3 aromatic rings. The van der Waals surface area contributed by atoms with Crippen molar-refractivity contribution >= 4 is 19.2 Å². The van der Waals surface area contributed by atoms with Crippen molar-refractivity contribution in [1.29, 1.82) is 0 Å². The van der Waals surface area contributed by atoms with Crippen LogP contribution >= 0.6 is 7.82 Å². The standard InChI is InChI=1S/C41H66N5O8P/c1-3-4-5-6-7-8-9-10-11-12-13-14-15-16-17-20-25-51-28-34(45-26-32-21-18-19-22-33(32)27-45)29-52-55(49,50)53-30-36-38(47)39(48)41(2,54-36)37-24-23-35-40(42)43-31-44-46(35)37/h18-19,21-24,31,34,36,38-39,47-48H,3-17,20,25-30H2,1-2H3,(H,49,50)(H2,42,43,44)/t34-,36-,38-,39-,41+/m1/s1. The molecule has 2 aliphatic rings. The van der Waals surface area contributed by atoms with Crippen LogP contribution in [0, 0.1) is 0 Å². The number of hydrogen-bond acceptors (Lipinski definition) is 11. The van der Waals surface area contributed by atoms with Crippen molar-refractivity contribution in [1.82, 2.24) is 19.5 Å². The van der Waals surface area contributed by atoms with Crippen LogP contribution < -0.4 is 5.73 Å². The second-order valence-corrected chi connectivity index (χ2v) is 17.1. The van der Waals surface area contributed by atoms with Crippen molar-refractivity contribution in [3.05, 3.63) is 59.5 Å². The first-order chi connectivity index (χ1) is 26.6. The lowest BCUT2D eigenvalue weighted by Crippen LogP contribution is -2.39. The van der Waals surface area contributed by atoms with Crippen molar-refractivity contribution in [3.63, 3.8) is 0 Å². The first kappa shape index (κ1) is 43.7. The topological polar surface area (TPSA) is 174 Å². The van der Waals surface area contributed by atoms with E-state index < -0.39 is 38.3 Å². The maximum atomic E-state index is 13.2. The molecule has 0 aliphatic carbocycles. The molecule has 13 nitrogen and oxygen atoms in total. The molecular formula is C41H66N5O8P. The number of aliphatic hydroxyl groups is 2. The molecule has 1 unspecified atom stereocenters. The van der Waals surface area contributed by atoms with Gasteiger partial charge in [-0.2, -0.15) is 5.10 Å². The fraction of sp³-hybridized carbons (Fsp3) is 0.707. The lowest BCUT2D eigenvalue weighted by atomic mass is 9.93. The van der Waals surface area contributed by atoms with E-state index in [2.05, 4.69) is 34.0 Å². The van der Waals surface area contributed by atoms with Crippen molar-refractivity contribution < 1.29 is 38.2 Å². The number of nitrogens with two attached hydrogens (primary N) is 1. The van der Waals surface area contributed by atoms with Crippen LogP contribution in [0.15, 0.2) is 42.7 Å². The molecule has 5 rings (SSSR count). The first-order valence-electron chi connectivity index (χ1n) is 20.8. The third-order valence-electron chi connectivity index (χ3n) is 11.3. The van der Waals surface area contributed by atoms with Gasteiger partial charge in [0.05, 0.1) is 31.6 Å². The van der Waals surface area contributed by atoms with Gasteiger partial charge in [0.1, 0.15) is 35.8 Å². The molecule has 4 heterocycles. The number of aromatic nitrogens is 3. The van der Waals surface area contributed by atoms with E-state index in [1.165, 1.54) is 112 Å². The molecule has 2 aromatic heterocycles. The normalized spacial score (nSPS) is 23.0. The SMILES string of the molecule is CCCCCCCCCCCCCCCCCCOC[C@H](COP(=O)(O)OC[C@H]1O[C@@](C)(c2ccc3c(N)ncnn23)[C@H](O)[C@@H]1O)N1Cc2ccccc2C1. The number of phosphoric ester groups is 1. The Morgan fingerprint density at radius 1 is 0.873 bits per heavy atom. The van der Waals surface area contributed by atoms with Gasteiger partial charge in [-0.25, -0.2) is 14.1 Å². The van der Waals surface area contributed by atoms with E-state index in [-0.39, 0.29) is 18.5 Å². The summed E-state index contributed by atoms with van der Waals surface area (Å²) in [5, 5.41) is 26.1. The Kier molecular flexibility index (Phi) is 17.4. The molecule has 0 spiro atoms. The number of benzene rings is 1. The number of phosphoric acid groups is 1. The molecule has 0 saturated carbocycles. The molecule has 14 heteroatoms. The fourth-order valence-electron chi connectivity index (χ4n) is 7.89. The van der Waals surface area contributed by atoms with E-state index in [0.717, 1.165) is 12.8 Å². The number of unbranched alkanes of at least 4 members (excludes halogenated alkanes) is 15. The minimum Gasteiger partial charge on any atom is -0.387 e. The maximum absolute atomic E-state index is 13.2. The highest BCUT2D eigenvalue weighted by atomic mass is 31.2. The molecule has 0 bridgehead atoms. The molecule has 1 aromatic carbocycles. The number of rotatable bonds is 27. The summed E-state index contributed by atoms with van der Waals surface area (Å²) in [6, 6.07) is 11.3. The smallest absolute Gasteiger partial charge is 0.387 e. The molecule has 308 valence electrons. The van der Waals surface area contributed by atoms with Crippen LogP contribution in [0.25, 0.3) is 5.52 Å². The van der Waals surface area contributed by atoms with Gasteiger partial charge in [0, 0.05) is 19.7 Å². The molecule has 0 amide bonds. The third kappa shape index (κ3) is 12.5. The second-order valence-electron chi connectivity index (χ2n) is 15.6. The Hall–Kier alpha value is -2.45. The second kappa shape index (κ2) is 21.9. The number of nitrogens with zero attached hydrogens (tertiary/aromatic N) is 4. The number of anilines is 1. The van der Waals surface area contributed by atoms with Crippen LogP contribution in [-0.2, 0) is 41.8 Å². The van der Waals surface area contributed by atoms with Gasteiger partial charge in [0.15, 0.2) is 5.82 Å². The molecular weight excluding hydrogens is 721 g/mol. The Morgan fingerprint density at radius 2 is 1.45 bits per heavy atom. The van der Waals surface area contributed by atoms with E-state index in [1.54, 1.807) is 19.1 Å². The van der Waals surface area contributed by atoms with Crippen molar-refractivity contribution in [3.8, 4) is 0 Å². The van der Waals surface area contributed by atoms with E-state index in [1.807, 2.05) is 12.1 Å². The lowest BCUT2D eigenvalue weighted by molar-refractivity contribution is -0.0891. The summed E-state index contributed by atoms with van der Waals surface area (Å²) in [6.45, 7) is 5.64.